The van der Waals surface area contributed by atoms with Crippen molar-refractivity contribution >= 4 is 45.2 Å². The fourth-order valence-electron chi connectivity index (χ4n) is 2.59. The van der Waals surface area contributed by atoms with Crippen LogP contribution in [0.5, 0.6) is 0 Å². The Morgan fingerprint density at radius 3 is 2.69 bits per heavy atom. The second-order valence-corrected chi connectivity index (χ2v) is 6.47. The molecule has 0 unspecified atom stereocenters. The van der Waals surface area contributed by atoms with Gasteiger partial charge in [0.2, 0.25) is 0 Å². The maximum absolute atomic E-state index is 12.2. The molecule has 0 aliphatic carbocycles. The third kappa shape index (κ3) is 3.27. The van der Waals surface area contributed by atoms with Gasteiger partial charge in [-0.25, -0.2) is 9.97 Å². The molecule has 0 saturated heterocycles. The summed E-state index contributed by atoms with van der Waals surface area (Å²) in [5, 5.41) is 1.31. The molecule has 0 bridgehead atoms. The molecule has 0 amide bonds. The van der Waals surface area contributed by atoms with Crippen molar-refractivity contribution in [3.8, 4) is 5.69 Å². The lowest BCUT2D eigenvalue weighted by molar-refractivity contribution is 1.06. The molecule has 0 aliphatic heterocycles. The number of halogens is 2. The van der Waals surface area contributed by atoms with Crippen LogP contribution in [-0.2, 0) is 0 Å². The summed E-state index contributed by atoms with van der Waals surface area (Å²) in [5.74, 6) is 0.296. The van der Waals surface area contributed by atoms with E-state index < -0.39 is 0 Å². The molecule has 2 aromatic carbocycles. The van der Waals surface area contributed by atoms with E-state index in [9.17, 15) is 4.79 Å². The highest BCUT2D eigenvalue weighted by molar-refractivity contribution is 6.50. The number of hydrogen-bond donors (Lipinski definition) is 1. The number of nitrogens with one attached hydrogen (secondary N) is 1. The van der Waals surface area contributed by atoms with Gasteiger partial charge >= 0.3 is 0 Å². The van der Waals surface area contributed by atoms with Crippen molar-refractivity contribution in [3.05, 3.63) is 87.9 Å². The minimum atomic E-state index is -0.260. The first-order valence-electron chi connectivity index (χ1n) is 7.76. The molecule has 0 aliphatic rings. The van der Waals surface area contributed by atoms with E-state index in [1.54, 1.807) is 36.8 Å². The minimum absolute atomic E-state index is 0.260. The van der Waals surface area contributed by atoms with Crippen LogP contribution in [0.25, 0.3) is 27.7 Å². The monoisotopic (exact) mass is 382 g/mol. The van der Waals surface area contributed by atoms with Crippen LogP contribution in [-0.4, -0.2) is 19.5 Å². The van der Waals surface area contributed by atoms with Gasteiger partial charge in [-0.2, -0.15) is 0 Å². The number of aromatic nitrogens is 4. The highest BCUT2D eigenvalue weighted by atomic mass is 35.5. The molecule has 4 rings (SSSR count). The van der Waals surface area contributed by atoms with E-state index in [4.69, 9.17) is 23.2 Å². The fourth-order valence-corrected chi connectivity index (χ4v) is 2.98. The molecule has 128 valence electrons. The Balaban J connectivity index is 1.69. The Hall–Kier alpha value is -2.89. The van der Waals surface area contributed by atoms with Gasteiger partial charge in [0.1, 0.15) is 0 Å². The summed E-state index contributed by atoms with van der Waals surface area (Å²) in [6.07, 6.45) is 7.06. The molecular formula is C19H12Cl2N4O. The highest BCUT2D eigenvalue weighted by Crippen LogP contribution is 2.22. The topological polar surface area (TPSA) is 63.6 Å². The Labute approximate surface area is 158 Å². The number of aromatic amines is 1. The van der Waals surface area contributed by atoms with Crippen LogP contribution < -0.4 is 5.56 Å². The maximum Gasteiger partial charge on any atom is 0.259 e. The Bertz CT molecular complexity index is 1160. The van der Waals surface area contributed by atoms with Crippen molar-refractivity contribution in [3.63, 3.8) is 0 Å². The smallest absolute Gasteiger partial charge is 0.259 e. The minimum Gasteiger partial charge on any atom is -0.306 e. The van der Waals surface area contributed by atoms with Crippen LogP contribution in [0.1, 0.15) is 11.4 Å². The van der Waals surface area contributed by atoms with Crippen LogP contribution in [0.2, 0.25) is 5.02 Å². The predicted octanol–water partition coefficient (Wildman–Crippen LogP) is 4.50. The summed E-state index contributed by atoms with van der Waals surface area (Å²) in [7, 11) is 0. The summed E-state index contributed by atoms with van der Waals surface area (Å²) in [4.78, 5) is 23.3. The van der Waals surface area contributed by atoms with E-state index in [0.29, 0.717) is 26.8 Å². The first kappa shape index (κ1) is 16.6. The van der Waals surface area contributed by atoms with E-state index in [1.807, 2.05) is 35.0 Å². The van der Waals surface area contributed by atoms with Crippen molar-refractivity contribution in [2.75, 3.05) is 0 Å². The third-order valence-corrected chi connectivity index (χ3v) is 4.41. The third-order valence-electron chi connectivity index (χ3n) is 3.88. The number of imidazole rings is 1. The number of fused-ring (bicyclic) bond motifs is 1. The van der Waals surface area contributed by atoms with Crippen LogP contribution in [0.4, 0.5) is 0 Å². The van der Waals surface area contributed by atoms with Crippen molar-refractivity contribution in [2.45, 2.75) is 0 Å². The average Bonchev–Trinajstić information content (AvgIpc) is 3.16. The van der Waals surface area contributed by atoms with E-state index >= 15 is 0 Å². The lowest BCUT2D eigenvalue weighted by Gasteiger charge is -2.04. The molecule has 2 heterocycles. The first-order chi connectivity index (χ1) is 12.6. The number of rotatable bonds is 3. The van der Waals surface area contributed by atoms with Crippen LogP contribution >= 0.6 is 23.2 Å². The standard InChI is InChI=1S/C19H12Cl2N4O/c20-13-3-6-15-17(10-13)23-18(24-19(15)26)16(21)9-12-1-4-14(5-2-12)25-8-7-22-11-25/h1-11H,(H,23,24,26)/b16-9-. The van der Waals surface area contributed by atoms with E-state index in [0.717, 1.165) is 11.3 Å². The largest absolute Gasteiger partial charge is 0.306 e. The van der Waals surface area contributed by atoms with Crippen LogP contribution in [0, 0.1) is 0 Å². The first-order valence-corrected chi connectivity index (χ1v) is 8.51. The molecule has 0 atom stereocenters. The molecule has 5 nitrogen and oxygen atoms in total. The molecule has 1 N–H and O–H groups in total. The number of benzene rings is 2. The van der Waals surface area contributed by atoms with Gasteiger partial charge in [-0.3, -0.25) is 4.79 Å². The van der Waals surface area contributed by atoms with Gasteiger partial charge in [0.05, 0.1) is 22.3 Å². The maximum atomic E-state index is 12.2. The van der Waals surface area contributed by atoms with Gasteiger partial charge < -0.3 is 9.55 Å². The summed E-state index contributed by atoms with van der Waals surface area (Å²) in [6, 6.07) is 12.7. The molecule has 4 aromatic rings. The van der Waals surface area contributed by atoms with Gasteiger partial charge in [0.15, 0.2) is 5.82 Å². The lowest BCUT2D eigenvalue weighted by atomic mass is 10.2. The van der Waals surface area contributed by atoms with Crippen molar-refractivity contribution in [2.24, 2.45) is 0 Å². The van der Waals surface area contributed by atoms with Gasteiger partial charge in [-0.15, -0.1) is 0 Å². The SMILES string of the molecule is O=c1[nH]c(/C(Cl)=C/c2ccc(-n3ccnc3)cc2)nc2cc(Cl)ccc12. The summed E-state index contributed by atoms with van der Waals surface area (Å²) < 4.78 is 1.90. The molecular weight excluding hydrogens is 371 g/mol. The van der Waals surface area contributed by atoms with Gasteiger partial charge in [0.25, 0.3) is 5.56 Å². The lowest BCUT2D eigenvalue weighted by Crippen LogP contribution is -2.10. The molecule has 0 saturated carbocycles. The number of H-pyrrole nitrogens is 1. The molecule has 0 spiro atoms. The summed E-state index contributed by atoms with van der Waals surface area (Å²) in [6.45, 7) is 0. The zero-order valence-electron chi connectivity index (χ0n) is 13.4. The highest BCUT2D eigenvalue weighted by Gasteiger charge is 2.07. The predicted molar refractivity (Wildman–Crippen MR) is 105 cm³/mol. The van der Waals surface area contributed by atoms with E-state index in [1.165, 1.54) is 0 Å². The molecule has 0 fully saturated rings. The van der Waals surface area contributed by atoms with Crippen LogP contribution in [0.15, 0.2) is 66.0 Å². The molecule has 7 heteroatoms. The Kier molecular flexibility index (Phi) is 4.32. The summed E-state index contributed by atoms with van der Waals surface area (Å²) in [5.41, 5.74) is 2.11. The fraction of sp³-hybridized carbons (Fsp3) is 0. The normalized spacial score (nSPS) is 11.8. The Morgan fingerprint density at radius 1 is 1.15 bits per heavy atom. The Morgan fingerprint density at radius 2 is 1.96 bits per heavy atom. The van der Waals surface area contributed by atoms with Gasteiger partial charge in [-0.05, 0) is 42.0 Å². The van der Waals surface area contributed by atoms with Crippen molar-refractivity contribution < 1.29 is 0 Å². The molecule has 0 radical (unpaired) electrons. The van der Waals surface area contributed by atoms with Crippen LogP contribution in [0.3, 0.4) is 0 Å². The van der Waals surface area contributed by atoms with E-state index in [-0.39, 0.29) is 5.56 Å². The van der Waals surface area contributed by atoms with Gasteiger partial charge in [-0.1, -0.05) is 35.3 Å². The zero-order chi connectivity index (χ0) is 18.1. The number of hydrogen-bond acceptors (Lipinski definition) is 3. The second-order valence-electron chi connectivity index (χ2n) is 5.63. The molecule has 26 heavy (non-hydrogen) atoms. The second kappa shape index (κ2) is 6.78. The van der Waals surface area contributed by atoms with Crippen molar-refractivity contribution in [1.29, 1.82) is 0 Å². The van der Waals surface area contributed by atoms with E-state index in [2.05, 4.69) is 15.0 Å². The quantitative estimate of drug-likeness (QED) is 0.567. The van der Waals surface area contributed by atoms with Crippen molar-refractivity contribution in [1.82, 2.24) is 19.5 Å². The average molecular weight is 383 g/mol. The zero-order valence-corrected chi connectivity index (χ0v) is 14.9. The molecule has 2 aromatic heterocycles. The number of nitrogens with zero attached hydrogens (tertiary/aromatic N) is 3. The summed E-state index contributed by atoms with van der Waals surface area (Å²) >= 11 is 12.4. The van der Waals surface area contributed by atoms with Gasteiger partial charge in [0, 0.05) is 23.1 Å².